The summed E-state index contributed by atoms with van der Waals surface area (Å²) in [7, 11) is 0. The van der Waals surface area contributed by atoms with Crippen LogP contribution in [0.25, 0.3) is 0 Å². The fourth-order valence-electron chi connectivity index (χ4n) is 3.43. The summed E-state index contributed by atoms with van der Waals surface area (Å²) in [4.78, 5) is 22.8. The minimum absolute atomic E-state index is 0.0720. The number of likely N-dealkylation sites (tertiary alicyclic amines) is 1. The molecule has 1 fully saturated rings. The third-order valence-corrected chi connectivity index (χ3v) is 4.88. The molecule has 0 spiro atoms. The predicted molar refractivity (Wildman–Crippen MR) is 89.7 cm³/mol. The smallest absolute Gasteiger partial charge is 0.316 e. The molecule has 1 atom stereocenters. The highest BCUT2D eigenvalue weighted by Gasteiger charge is 2.31. The third-order valence-electron chi connectivity index (χ3n) is 4.69. The van der Waals surface area contributed by atoms with E-state index in [2.05, 4.69) is 15.1 Å². The Kier molecular flexibility index (Phi) is 4.57. The van der Waals surface area contributed by atoms with Gasteiger partial charge >= 0.3 is 6.01 Å². The van der Waals surface area contributed by atoms with Crippen molar-refractivity contribution in [1.82, 2.24) is 20.0 Å². The lowest BCUT2D eigenvalue weighted by molar-refractivity contribution is 0.0506. The Labute approximate surface area is 150 Å². The number of halogens is 1. The molecule has 1 amide bonds. The second-order valence-electron chi connectivity index (χ2n) is 6.46. The average Bonchev–Trinajstić information content (AvgIpc) is 3.07. The maximum absolute atomic E-state index is 12.9. The van der Waals surface area contributed by atoms with Crippen LogP contribution in [0.5, 0.6) is 6.01 Å². The molecule has 0 saturated carbocycles. The van der Waals surface area contributed by atoms with E-state index in [1.807, 2.05) is 0 Å². The van der Waals surface area contributed by atoms with Crippen molar-refractivity contribution in [2.75, 3.05) is 13.1 Å². The van der Waals surface area contributed by atoms with Crippen LogP contribution in [0.15, 0.2) is 16.9 Å². The lowest BCUT2D eigenvalue weighted by atomic mass is 9.96. The van der Waals surface area contributed by atoms with Crippen LogP contribution in [-0.2, 0) is 12.8 Å². The second-order valence-corrected chi connectivity index (χ2v) is 6.89. The number of fused-ring (bicyclic) bond motifs is 1. The van der Waals surface area contributed by atoms with E-state index in [1.54, 1.807) is 4.90 Å². The Morgan fingerprint density at radius 2 is 2.04 bits per heavy atom. The molecule has 1 aliphatic carbocycles. The average molecular weight is 363 g/mol. The monoisotopic (exact) mass is 362 g/mol. The number of piperidine rings is 1. The number of aromatic nitrogens is 3. The topological polar surface area (TPSA) is 81.4 Å². The van der Waals surface area contributed by atoms with Crippen LogP contribution in [0, 0.1) is 0 Å². The van der Waals surface area contributed by atoms with Crippen molar-refractivity contribution >= 4 is 17.5 Å². The SMILES string of the molecule is O=C(c1noc2c1CCCC2)N1CCCC(Oc2ncc(Cl)cn2)C1. The molecule has 0 radical (unpaired) electrons. The highest BCUT2D eigenvalue weighted by atomic mass is 35.5. The van der Waals surface area contributed by atoms with Crippen LogP contribution < -0.4 is 4.74 Å². The Morgan fingerprint density at radius 1 is 1.24 bits per heavy atom. The Balaban J connectivity index is 1.44. The molecule has 1 unspecified atom stereocenters. The van der Waals surface area contributed by atoms with Crippen LogP contribution in [0.4, 0.5) is 0 Å². The fraction of sp³-hybridized carbons (Fsp3) is 0.529. The molecule has 8 heteroatoms. The predicted octanol–water partition coefficient (Wildman–Crippen LogP) is 2.68. The van der Waals surface area contributed by atoms with Crippen molar-refractivity contribution in [3.63, 3.8) is 0 Å². The third kappa shape index (κ3) is 3.46. The molecule has 7 nitrogen and oxygen atoms in total. The maximum atomic E-state index is 12.9. The van der Waals surface area contributed by atoms with E-state index in [0.29, 0.717) is 23.8 Å². The molecule has 0 bridgehead atoms. The number of carbonyl (C=O) groups is 1. The number of aryl methyl sites for hydroxylation is 1. The van der Waals surface area contributed by atoms with Crippen LogP contribution in [0.2, 0.25) is 5.02 Å². The van der Waals surface area contributed by atoms with E-state index >= 15 is 0 Å². The Bertz CT molecular complexity index is 762. The summed E-state index contributed by atoms with van der Waals surface area (Å²) in [5, 5.41) is 4.51. The molecule has 2 aromatic rings. The molecule has 132 valence electrons. The standard InChI is InChI=1S/C17H19ClN4O3/c18-11-8-19-17(20-9-11)24-12-4-3-7-22(10-12)16(23)15-13-5-1-2-6-14(13)25-21-15/h8-9,12H,1-7,10H2. The molecular formula is C17H19ClN4O3. The normalized spacial score (nSPS) is 20.2. The van der Waals surface area contributed by atoms with Crippen molar-refractivity contribution in [3.05, 3.63) is 34.4 Å². The maximum Gasteiger partial charge on any atom is 0.316 e. The minimum Gasteiger partial charge on any atom is -0.458 e. The van der Waals surface area contributed by atoms with E-state index in [-0.39, 0.29) is 18.0 Å². The van der Waals surface area contributed by atoms with E-state index < -0.39 is 0 Å². The molecule has 0 aromatic carbocycles. The van der Waals surface area contributed by atoms with Gasteiger partial charge in [0.2, 0.25) is 0 Å². The minimum atomic E-state index is -0.137. The summed E-state index contributed by atoms with van der Waals surface area (Å²) in [5.41, 5.74) is 1.46. The zero-order chi connectivity index (χ0) is 17.2. The van der Waals surface area contributed by atoms with Crippen molar-refractivity contribution < 1.29 is 14.1 Å². The summed E-state index contributed by atoms with van der Waals surface area (Å²) in [5.74, 6) is 0.797. The van der Waals surface area contributed by atoms with Gasteiger partial charge in [0.05, 0.1) is 24.0 Å². The van der Waals surface area contributed by atoms with Crippen molar-refractivity contribution in [2.24, 2.45) is 0 Å². The summed E-state index contributed by atoms with van der Waals surface area (Å²) < 4.78 is 11.2. The number of carbonyl (C=O) groups excluding carboxylic acids is 1. The molecule has 1 aliphatic heterocycles. The van der Waals surface area contributed by atoms with Crippen molar-refractivity contribution in [3.8, 4) is 6.01 Å². The first kappa shape index (κ1) is 16.3. The molecule has 1 saturated heterocycles. The number of rotatable bonds is 3. The number of hydrogen-bond acceptors (Lipinski definition) is 6. The molecule has 2 aliphatic rings. The van der Waals surface area contributed by atoms with E-state index in [1.165, 1.54) is 12.4 Å². The van der Waals surface area contributed by atoms with Gasteiger partial charge in [-0.05, 0) is 32.1 Å². The first-order chi connectivity index (χ1) is 12.2. The Hall–Kier alpha value is -2.15. The molecule has 4 rings (SSSR count). The highest BCUT2D eigenvalue weighted by molar-refractivity contribution is 6.30. The zero-order valence-corrected chi connectivity index (χ0v) is 14.5. The van der Waals surface area contributed by atoms with E-state index in [4.69, 9.17) is 20.9 Å². The van der Waals surface area contributed by atoms with Gasteiger partial charge in [-0.1, -0.05) is 16.8 Å². The van der Waals surface area contributed by atoms with Gasteiger partial charge in [-0.15, -0.1) is 0 Å². The van der Waals surface area contributed by atoms with Gasteiger partial charge in [-0.2, -0.15) is 0 Å². The lowest BCUT2D eigenvalue weighted by Gasteiger charge is -2.32. The van der Waals surface area contributed by atoms with Gasteiger partial charge in [-0.3, -0.25) is 4.79 Å². The van der Waals surface area contributed by atoms with Gasteiger partial charge in [0.25, 0.3) is 5.91 Å². The summed E-state index contributed by atoms with van der Waals surface area (Å²) >= 11 is 5.78. The second kappa shape index (κ2) is 7.00. The number of amides is 1. The van der Waals surface area contributed by atoms with Crippen LogP contribution in [0.1, 0.15) is 47.5 Å². The highest BCUT2D eigenvalue weighted by Crippen LogP contribution is 2.26. The van der Waals surface area contributed by atoms with Crippen LogP contribution >= 0.6 is 11.6 Å². The van der Waals surface area contributed by atoms with Gasteiger partial charge in [0, 0.05) is 18.5 Å². The first-order valence-electron chi connectivity index (χ1n) is 8.61. The van der Waals surface area contributed by atoms with Gasteiger partial charge < -0.3 is 14.2 Å². The molecule has 3 heterocycles. The largest absolute Gasteiger partial charge is 0.458 e. The van der Waals surface area contributed by atoms with E-state index in [9.17, 15) is 4.79 Å². The quantitative estimate of drug-likeness (QED) is 0.835. The number of nitrogens with zero attached hydrogens (tertiary/aromatic N) is 4. The molecule has 0 N–H and O–H groups in total. The van der Waals surface area contributed by atoms with Gasteiger partial charge in [0.15, 0.2) is 5.69 Å². The Morgan fingerprint density at radius 3 is 2.88 bits per heavy atom. The molecule has 2 aromatic heterocycles. The number of hydrogen-bond donors (Lipinski definition) is 0. The lowest BCUT2D eigenvalue weighted by Crippen LogP contribution is -2.45. The first-order valence-corrected chi connectivity index (χ1v) is 8.99. The summed E-state index contributed by atoms with van der Waals surface area (Å²) in [6.07, 6.45) is 8.49. The van der Waals surface area contributed by atoms with Gasteiger partial charge in [0.1, 0.15) is 11.9 Å². The zero-order valence-electron chi connectivity index (χ0n) is 13.8. The molecule has 25 heavy (non-hydrogen) atoms. The van der Waals surface area contributed by atoms with Crippen LogP contribution in [-0.4, -0.2) is 45.1 Å². The van der Waals surface area contributed by atoms with Crippen molar-refractivity contribution in [1.29, 1.82) is 0 Å². The van der Waals surface area contributed by atoms with Crippen LogP contribution in [0.3, 0.4) is 0 Å². The van der Waals surface area contributed by atoms with Crippen molar-refractivity contribution in [2.45, 2.75) is 44.6 Å². The number of ether oxygens (including phenoxy) is 1. The van der Waals surface area contributed by atoms with E-state index in [0.717, 1.165) is 49.8 Å². The summed E-state index contributed by atoms with van der Waals surface area (Å²) in [6, 6.07) is 0.280. The fourth-order valence-corrected chi connectivity index (χ4v) is 3.53. The summed E-state index contributed by atoms with van der Waals surface area (Å²) in [6.45, 7) is 1.19. The van der Waals surface area contributed by atoms with Gasteiger partial charge in [-0.25, -0.2) is 9.97 Å². The molecular weight excluding hydrogens is 344 g/mol.